The standard InChI is InChI=1S/C8H10BrNO2S/c1-8(10,4-6(11)12)7-5(9)2-3-13-7/h2-3H,4,10H2,1H3,(H,11,12). The Morgan fingerprint density at radius 3 is 2.85 bits per heavy atom. The average molecular weight is 264 g/mol. The highest BCUT2D eigenvalue weighted by atomic mass is 79.9. The Balaban J connectivity index is 2.93. The van der Waals surface area contributed by atoms with Crippen molar-refractivity contribution in [2.75, 3.05) is 0 Å². The zero-order valence-corrected chi connectivity index (χ0v) is 9.48. The number of hydrogen-bond acceptors (Lipinski definition) is 3. The first-order valence-corrected chi connectivity index (χ1v) is 5.35. The number of carboxylic acids is 1. The second kappa shape index (κ2) is 3.77. The topological polar surface area (TPSA) is 63.3 Å². The number of aliphatic carboxylic acids is 1. The van der Waals surface area contributed by atoms with Crippen molar-refractivity contribution in [1.82, 2.24) is 0 Å². The van der Waals surface area contributed by atoms with E-state index in [1.54, 1.807) is 6.92 Å². The summed E-state index contributed by atoms with van der Waals surface area (Å²) in [5, 5.41) is 10.5. The lowest BCUT2D eigenvalue weighted by atomic mass is 9.97. The molecule has 0 aliphatic carbocycles. The van der Waals surface area contributed by atoms with E-state index in [1.165, 1.54) is 11.3 Å². The Kier molecular flexibility index (Phi) is 3.10. The highest BCUT2D eigenvalue weighted by Crippen LogP contribution is 2.33. The van der Waals surface area contributed by atoms with Crippen LogP contribution >= 0.6 is 27.3 Å². The first-order chi connectivity index (χ1) is 5.93. The van der Waals surface area contributed by atoms with Crippen LogP contribution in [0.5, 0.6) is 0 Å². The molecule has 1 rings (SSSR count). The Morgan fingerprint density at radius 1 is 1.85 bits per heavy atom. The van der Waals surface area contributed by atoms with Crippen LogP contribution in [0.2, 0.25) is 0 Å². The lowest BCUT2D eigenvalue weighted by Gasteiger charge is -2.21. The largest absolute Gasteiger partial charge is 0.481 e. The van der Waals surface area contributed by atoms with Crippen LogP contribution in [-0.2, 0) is 10.3 Å². The number of thiophene rings is 1. The van der Waals surface area contributed by atoms with Crippen LogP contribution in [0, 0.1) is 0 Å². The number of hydrogen-bond donors (Lipinski definition) is 2. The third-order valence-corrected chi connectivity index (χ3v) is 3.77. The SMILES string of the molecule is CC(N)(CC(=O)O)c1sccc1Br. The minimum atomic E-state index is -0.884. The molecule has 3 nitrogen and oxygen atoms in total. The Labute approximate surface area is 88.7 Å². The lowest BCUT2D eigenvalue weighted by molar-refractivity contribution is -0.138. The van der Waals surface area contributed by atoms with Crippen molar-refractivity contribution in [3.8, 4) is 0 Å². The summed E-state index contributed by atoms with van der Waals surface area (Å²) in [5.41, 5.74) is 5.09. The fraction of sp³-hybridized carbons (Fsp3) is 0.375. The number of nitrogens with two attached hydrogens (primary N) is 1. The summed E-state index contributed by atoms with van der Waals surface area (Å²) in [5.74, 6) is -0.884. The van der Waals surface area contributed by atoms with Gasteiger partial charge in [0, 0.05) is 9.35 Å². The van der Waals surface area contributed by atoms with Crippen molar-refractivity contribution in [2.24, 2.45) is 5.73 Å². The van der Waals surface area contributed by atoms with E-state index in [1.807, 2.05) is 11.4 Å². The molecule has 1 aromatic rings. The first kappa shape index (κ1) is 10.7. The van der Waals surface area contributed by atoms with Gasteiger partial charge in [-0.05, 0) is 34.3 Å². The molecule has 1 heterocycles. The van der Waals surface area contributed by atoms with Gasteiger partial charge in [-0.1, -0.05) is 0 Å². The molecule has 0 saturated carbocycles. The molecule has 1 unspecified atom stereocenters. The van der Waals surface area contributed by atoms with E-state index in [0.717, 1.165) is 9.35 Å². The van der Waals surface area contributed by atoms with Gasteiger partial charge in [0.1, 0.15) is 0 Å². The molecule has 1 aromatic heterocycles. The van der Waals surface area contributed by atoms with Crippen molar-refractivity contribution in [3.63, 3.8) is 0 Å². The Morgan fingerprint density at radius 2 is 2.46 bits per heavy atom. The van der Waals surface area contributed by atoms with Gasteiger partial charge in [0.2, 0.25) is 0 Å². The van der Waals surface area contributed by atoms with Crippen LogP contribution < -0.4 is 5.73 Å². The molecule has 0 amide bonds. The fourth-order valence-corrected chi connectivity index (χ4v) is 3.00. The normalized spacial score (nSPS) is 15.3. The summed E-state index contributed by atoms with van der Waals surface area (Å²) in [6.07, 6.45) is -0.0634. The van der Waals surface area contributed by atoms with Crippen molar-refractivity contribution in [2.45, 2.75) is 18.9 Å². The van der Waals surface area contributed by atoms with E-state index in [4.69, 9.17) is 10.8 Å². The monoisotopic (exact) mass is 263 g/mol. The van der Waals surface area contributed by atoms with Crippen LogP contribution in [0.4, 0.5) is 0 Å². The second-order valence-electron chi connectivity index (χ2n) is 3.09. The van der Waals surface area contributed by atoms with E-state index < -0.39 is 11.5 Å². The van der Waals surface area contributed by atoms with Gasteiger partial charge >= 0.3 is 5.97 Å². The molecule has 0 aliphatic heterocycles. The predicted molar refractivity (Wildman–Crippen MR) is 55.8 cm³/mol. The third-order valence-electron chi connectivity index (χ3n) is 1.65. The fourth-order valence-electron chi connectivity index (χ4n) is 1.10. The molecular weight excluding hydrogens is 254 g/mol. The van der Waals surface area contributed by atoms with Crippen LogP contribution in [-0.4, -0.2) is 11.1 Å². The maximum Gasteiger partial charge on any atom is 0.305 e. The van der Waals surface area contributed by atoms with Gasteiger partial charge < -0.3 is 10.8 Å². The van der Waals surface area contributed by atoms with Crippen LogP contribution in [0.15, 0.2) is 15.9 Å². The van der Waals surface area contributed by atoms with Crippen molar-refractivity contribution in [1.29, 1.82) is 0 Å². The van der Waals surface area contributed by atoms with Crippen molar-refractivity contribution < 1.29 is 9.90 Å². The van der Waals surface area contributed by atoms with Gasteiger partial charge in [0.25, 0.3) is 0 Å². The van der Waals surface area contributed by atoms with Crippen molar-refractivity contribution in [3.05, 3.63) is 20.8 Å². The van der Waals surface area contributed by atoms with Gasteiger partial charge in [-0.15, -0.1) is 11.3 Å². The minimum Gasteiger partial charge on any atom is -0.481 e. The summed E-state index contributed by atoms with van der Waals surface area (Å²) in [4.78, 5) is 11.4. The molecule has 0 aliphatic rings. The van der Waals surface area contributed by atoms with E-state index in [0.29, 0.717) is 0 Å². The molecule has 3 N–H and O–H groups in total. The summed E-state index contributed by atoms with van der Waals surface area (Å²) in [7, 11) is 0. The van der Waals surface area contributed by atoms with E-state index >= 15 is 0 Å². The lowest BCUT2D eigenvalue weighted by Crippen LogP contribution is -2.34. The number of carbonyl (C=O) groups is 1. The zero-order chi connectivity index (χ0) is 10.1. The summed E-state index contributed by atoms with van der Waals surface area (Å²) >= 11 is 4.79. The molecule has 1 atom stereocenters. The molecule has 0 spiro atoms. The highest BCUT2D eigenvalue weighted by molar-refractivity contribution is 9.10. The molecule has 0 bridgehead atoms. The van der Waals surface area contributed by atoms with Gasteiger partial charge in [0.05, 0.1) is 12.0 Å². The predicted octanol–water partition coefficient (Wildman–Crippen LogP) is 2.16. The second-order valence-corrected chi connectivity index (χ2v) is 4.86. The van der Waals surface area contributed by atoms with Crippen LogP contribution in [0.3, 0.4) is 0 Å². The highest BCUT2D eigenvalue weighted by Gasteiger charge is 2.27. The van der Waals surface area contributed by atoms with Gasteiger partial charge in [-0.3, -0.25) is 4.79 Å². The third kappa shape index (κ3) is 2.52. The van der Waals surface area contributed by atoms with E-state index in [9.17, 15) is 4.79 Å². The Hall–Kier alpha value is -0.390. The smallest absolute Gasteiger partial charge is 0.305 e. The van der Waals surface area contributed by atoms with Crippen LogP contribution in [0.1, 0.15) is 18.2 Å². The molecule has 0 radical (unpaired) electrons. The first-order valence-electron chi connectivity index (χ1n) is 3.67. The summed E-state index contributed by atoms with van der Waals surface area (Å²) < 4.78 is 0.878. The summed E-state index contributed by atoms with van der Waals surface area (Å²) in [6.45, 7) is 1.72. The molecule has 5 heteroatoms. The van der Waals surface area contributed by atoms with E-state index in [2.05, 4.69) is 15.9 Å². The number of rotatable bonds is 3. The maximum absolute atomic E-state index is 10.5. The van der Waals surface area contributed by atoms with Crippen molar-refractivity contribution >= 4 is 33.2 Å². The average Bonchev–Trinajstić information content (AvgIpc) is 2.32. The van der Waals surface area contributed by atoms with Gasteiger partial charge in [0.15, 0.2) is 0 Å². The van der Waals surface area contributed by atoms with E-state index in [-0.39, 0.29) is 6.42 Å². The van der Waals surface area contributed by atoms with Gasteiger partial charge in [-0.25, -0.2) is 0 Å². The molecule has 72 valence electrons. The number of halogens is 1. The molecule has 0 fully saturated rings. The number of carboxylic acid groups (broad SMARTS) is 1. The molecule has 0 aromatic carbocycles. The Bertz CT molecular complexity index is 322. The zero-order valence-electron chi connectivity index (χ0n) is 7.08. The van der Waals surface area contributed by atoms with Crippen LogP contribution in [0.25, 0.3) is 0 Å². The quantitative estimate of drug-likeness (QED) is 0.879. The molecule has 0 saturated heterocycles. The molecular formula is C8H10BrNO2S. The molecule has 13 heavy (non-hydrogen) atoms. The summed E-state index contributed by atoms with van der Waals surface area (Å²) in [6, 6.07) is 1.87. The maximum atomic E-state index is 10.5. The minimum absolute atomic E-state index is 0.0634. The van der Waals surface area contributed by atoms with Gasteiger partial charge in [-0.2, -0.15) is 0 Å².